The first kappa shape index (κ1) is 15.9. The van der Waals surface area contributed by atoms with Gasteiger partial charge in [-0.05, 0) is 17.7 Å². The normalized spacial score (nSPS) is 12.7. The zero-order valence-corrected chi connectivity index (χ0v) is 10.7. The summed E-state index contributed by atoms with van der Waals surface area (Å²) in [4.78, 5) is 10.7. The van der Waals surface area contributed by atoms with Crippen molar-refractivity contribution >= 4 is 18.4 Å². The van der Waals surface area contributed by atoms with Crippen LogP contribution in [0.15, 0.2) is 24.3 Å². The maximum Gasteiger partial charge on any atom is 0.335 e. The van der Waals surface area contributed by atoms with Crippen molar-refractivity contribution in [3.05, 3.63) is 35.4 Å². The van der Waals surface area contributed by atoms with Gasteiger partial charge < -0.3 is 15.9 Å². The highest BCUT2D eigenvalue weighted by atomic mass is 35.5. The van der Waals surface area contributed by atoms with Crippen molar-refractivity contribution in [2.45, 2.75) is 19.9 Å². The van der Waals surface area contributed by atoms with Crippen LogP contribution in [0.2, 0.25) is 0 Å². The maximum atomic E-state index is 10.7. The van der Waals surface area contributed by atoms with Crippen LogP contribution in [0.3, 0.4) is 0 Å². The molecule has 4 N–H and O–H groups in total. The molecular weight excluding hydrogens is 242 g/mol. The summed E-state index contributed by atoms with van der Waals surface area (Å²) < 4.78 is 0. The largest absolute Gasteiger partial charge is 0.478 e. The number of aliphatic hydroxyl groups is 1. The van der Waals surface area contributed by atoms with Crippen LogP contribution in [-0.4, -0.2) is 22.8 Å². The predicted molar refractivity (Wildman–Crippen MR) is 68.4 cm³/mol. The van der Waals surface area contributed by atoms with Gasteiger partial charge in [-0.15, -0.1) is 12.4 Å². The quantitative estimate of drug-likeness (QED) is 0.770. The smallest absolute Gasteiger partial charge is 0.335 e. The molecule has 1 rings (SSSR count). The third-order valence-corrected chi connectivity index (χ3v) is 2.77. The van der Waals surface area contributed by atoms with E-state index in [1.165, 1.54) is 12.1 Å². The number of carbonyl (C=O) groups is 1. The maximum absolute atomic E-state index is 10.7. The number of halogens is 1. The van der Waals surface area contributed by atoms with Gasteiger partial charge >= 0.3 is 5.97 Å². The van der Waals surface area contributed by atoms with Gasteiger partial charge in [-0.1, -0.05) is 26.0 Å². The molecule has 0 amide bonds. The fourth-order valence-electron chi connectivity index (χ4n) is 1.38. The molecule has 0 aliphatic carbocycles. The van der Waals surface area contributed by atoms with Crippen LogP contribution in [-0.2, 0) is 0 Å². The summed E-state index contributed by atoms with van der Waals surface area (Å²) in [5.74, 6) is -0.957. The van der Waals surface area contributed by atoms with Gasteiger partial charge in [0.1, 0.15) is 0 Å². The minimum Gasteiger partial charge on any atom is -0.478 e. The highest BCUT2D eigenvalue weighted by Gasteiger charge is 2.26. The average Bonchev–Trinajstić information content (AvgIpc) is 2.28. The molecule has 0 aliphatic heterocycles. The molecule has 0 aliphatic rings. The first-order valence-electron chi connectivity index (χ1n) is 5.08. The number of hydrogen-bond donors (Lipinski definition) is 3. The Kier molecular flexibility index (Phi) is 5.61. The van der Waals surface area contributed by atoms with E-state index in [0.29, 0.717) is 0 Å². The summed E-state index contributed by atoms with van der Waals surface area (Å²) in [5.41, 5.74) is 6.63. The minimum atomic E-state index is -0.957. The second kappa shape index (κ2) is 6.00. The summed E-state index contributed by atoms with van der Waals surface area (Å²) in [7, 11) is 0. The monoisotopic (exact) mass is 259 g/mol. The second-order valence-corrected chi connectivity index (χ2v) is 4.55. The predicted octanol–water partition coefficient (Wildman–Crippen LogP) is 1.82. The van der Waals surface area contributed by atoms with Crippen LogP contribution in [0.4, 0.5) is 0 Å². The lowest BCUT2D eigenvalue weighted by Crippen LogP contribution is -2.32. The molecule has 0 radical (unpaired) electrons. The molecule has 4 nitrogen and oxygen atoms in total. The molecule has 0 bridgehead atoms. The molecule has 0 heterocycles. The Balaban J connectivity index is 0.00000256. The fourth-order valence-corrected chi connectivity index (χ4v) is 1.38. The van der Waals surface area contributed by atoms with Gasteiger partial charge in [0.25, 0.3) is 0 Å². The lowest BCUT2D eigenvalue weighted by molar-refractivity contribution is 0.0697. The van der Waals surface area contributed by atoms with E-state index in [1.807, 2.05) is 13.8 Å². The molecule has 0 aromatic heterocycles. The molecule has 1 aromatic rings. The second-order valence-electron chi connectivity index (χ2n) is 4.55. The van der Waals surface area contributed by atoms with E-state index in [2.05, 4.69) is 0 Å². The summed E-state index contributed by atoms with van der Waals surface area (Å²) in [6.07, 6.45) is 0. The topological polar surface area (TPSA) is 83.5 Å². The lowest BCUT2D eigenvalue weighted by Gasteiger charge is -2.29. The highest BCUT2D eigenvalue weighted by molar-refractivity contribution is 5.87. The Labute approximate surface area is 107 Å². The van der Waals surface area contributed by atoms with E-state index < -0.39 is 11.4 Å². The third-order valence-electron chi connectivity index (χ3n) is 2.77. The molecule has 1 atom stereocenters. The third kappa shape index (κ3) is 3.70. The van der Waals surface area contributed by atoms with E-state index >= 15 is 0 Å². The molecule has 5 heteroatoms. The van der Waals surface area contributed by atoms with Crippen LogP contribution in [0.25, 0.3) is 0 Å². The summed E-state index contributed by atoms with van der Waals surface area (Å²) in [5, 5.41) is 17.9. The Morgan fingerprint density at radius 2 is 1.82 bits per heavy atom. The van der Waals surface area contributed by atoms with Crippen molar-refractivity contribution in [1.29, 1.82) is 0 Å². The van der Waals surface area contributed by atoms with E-state index in [-0.39, 0.29) is 30.6 Å². The first-order valence-corrected chi connectivity index (χ1v) is 5.08. The van der Waals surface area contributed by atoms with Gasteiger partial charge in [0, 0.05) is 18.1 Å². The van der Waals surface area contributed by atoms with Gasteiger partial charge in [-0.3, -0.25) is 0 Å². The Hall–Kier alpha value is -1.10. The molecule has 96 valence electrons. The Bertz CT molecular complexity index is 376. The molecule has 17 heavy (non-hydrogen) atoms. The fraction of sp³-hybridized carbons (Fsp3) is 0.417. The minimum absolute atomic E-state index is 0. The number of carboxylic acid groups (broad SMARTS) is 1. The molecule has 0 saturated heterocycles. The Morgan fingerprint density at radius 3 is 2.18 bits per heavy atom. The van der Waals surface area contributed by atoms with E-state index in [9.17, 15) is 9.90 Å². The van der Waals surface area contributed by atoms with E-state index in [0.717, 1.165) is 5.56 Å². The van der Waals surface area contributed by atoms with Gasteiger partial charge in [0.05, 0.1) is 5.56 Å². The first-order chi connectivity index (χ1) is 7.38. The van der Waals surface area contributed by atoms with E-state index in [1.54, 1.807) is 12.1 Å². The van der Waals surface area contributed by atoms with Crippen molar-refractivity contribution < 1.29 is 15.0 Å². The van der Waals surface area contributed by atoms with Crippen molar-refractivity contribution in [2.75, 3.05) is 6.61 Å². The number of benzene rings is 1. The van der Waals surface area contributed by atoms with Crippen molar-refractivity contribution in [1.82, 2.24) is 0 Å². The molecule has 0 fully saturated rings. The van der Waals surface area contributed by atoms with E-state index in [4.69, 9.17) is 10.8 Å². The van der Waals surface area contributed by atoms with Gasteiger partial charge in [-0.2, -0.15) is 0 Å². The number of aromatic carboxylic acids is 1. The number of hydrogen-bond acceptors (Lipinski definition) is 3. The molecule has 0 unspecified atom stereocenters. The summed E-state index contributed by atoms with van der Waals surface area (Å²) in [6.45, 7) is 3.71. The van der Waals surface area contributed by atoms with Crippen LogP contribution < -0.4 is 5.73 Å². The van der Waals surface area contributed by atoms with Crippen molar-refractivity contribution in [2.24, 2.45) is 11.1 Å². The summed E-state index contributed by atoms with van der Waals surface area (Å²) in [6, 6.07) is 6.09. The molecular formula is C12H18ClNO3. The number of rotatable bonds is 4. The molecule has 0 saturated carbocycles. The number of aliphatic hydroxyl groups excluding tert-OH is 1. The van der Waals surface area contributed by atoms with Crippen LogP contribution >= 0.6 is 12.4 Å². The van der Waals surface area contributed by atoms with Crippen molar-refractivity contribution in [3.8, 4) is 0 Å². The van der Waals surface area contributed by atoms with Crippen LogP contribution in [0, 0.1) is 5.41 Å². The van der Waals surface area contributed by atoms with Gasteiger partial charge in [-0.25, -0.2) is 4.79 Å². The SMILES string of the molecule is CC(C)(CO)[C@@H](N)c1ccc(C(=O)O)cc1.Cl. The lowest BCUT2D eigenvalue weighted by atomic mass is 9.82. The van der Waals surface area contributed by atoms with Gasteiger partial charge in [0.15, 0.2) is 0 Å². The highest BCUT2D eigenvalue weighted by Crippen LogP contribution is 2.30. The van der Waals surface area contributed by atoms with Gasteiger partial charge in [0.2, 0.25) is 0 Å². The molecule has 1 aromatic carbocycles. The Morgan fingerprint density at radius 1 is 1.35 bits per heavy atom. The van der Waals surface area contributed by atoms with Crippen molar-refractivity contribution in [3.63, 3.8) is 0 Å². The van der Waals surface area contributed by atoms with Crippen LogP contribution in [0.5, 0.6) is 0 Å². The zero-order chi connectivity index (χ0) is 12.3. The molecule has 0 spiro atoms. The number of carboxylic acids is 1. The summed E-state index contributed by atoms with van der Waals surface area (Å²) >= 11 is 0. The van der Waals surface area contributed by atoms with Crippen LogP contribution in [0.1, 0.15) is 35.8 Å². The number of nitrogens with two attached hydrogens (primary N) is 1. The standard InChI is InChI=1S/C12H17NO3.ClH/c1-12(2,7-14)10(13)8-3-5-9(6-4-8)11(15)16;/h3-6,10,14H,7,13H2,1-2H3,(H,15,16);1H/t10-;/m0./s1. The zero-order valence-electron chi connectivity index (χ0n) is 9.88. The average molecular weight is 260 g/mol.